The molecule has 2 aromatic carbocycles. The molecule has 1 fully saturated rings. The quantitative estimate of drug-likeness (QED) is 0.530. The Labute approximate surface area is 181 Å². The first-order valence-corrected chi connectivity index (χ1v) is 10.4. The summed E-state index contributed by atoms with van der Waals surface area (Å²) in [5.41, 5.74) is 0.366. The van der Waals surface area contributed by atoms with E-state index in [0.717, 1.165) is 17.7 Å². The van der Waals surface area contributed by atoms with Crippen molar-refractivity contribution in [1.82, 2.24) is 4.98 Å². The van der Waals surface area contributed by atoms with Gasteiger partial charge in [0.25, 0.3) is 0 Å². The first-order chi connectivity index (χ1) is 15.1. The summed E-state index contributed by atoms with van der Waals surface area (Å²) in [7, 11) is 0. The first kappa shape index (κ1) is 22.1. The number of rotatable bonds is 5. The van der Waals surface area contributed by atoms with E-state index in [1.807, 2.05) is 0 Å². The van der Waals surface area contributed by atoms with E-state index in [2.05, 4.69) is 10.3 Å². The first-order valence-electron chi connectivity index (χ1n) is 10.4. The maximum atomic E-state index is 12.7. The van der Waals surface area contributed by atoms with Crippen molar-refractivity contribution in [2.45, 2.75) is 50.3 Å². The average molecular weight is 448 g/mol. The molecular weight excluding hydrogens is 425 g/mol. The third-order valence-corrected chi connectivity index (χ3v) is 6.04. The fraction of sp³-hybridized carbons (Fsp3) is 0.391. The monoisotopic (exact) mass is 448 g/mol. The van der Waals surface area contributed by atoms with E-state index in [0.29, 0.717) is 48.9 Å². The zero-order valence-corrected chi connectivity index (χ0v) is 17.2. The summed E-state index contributed by atoms with van der Waals surface area (Å²) in [4.78, 5) is 26.2. The maximum absolute atomic E-state index is 12.7. The lowest BCUT2D eigenvalue weighted by Crippen LogP contribution is -2.38. The van der Waals surface area contributed by atoms with Crippen LogP contribution in [0.15, 0.2) is 51.7 Å². The van der Waals surface area contributed by atoms with E-state index in [1.54, 1.807) is 12.1 Å². The number of hydrogen-bond donors (Lipinski definition) is 3. The van der Waals surface area contributed by atoms with Crippen LogP contribution in [0.5, 0.6) is 0 Å². The van der Waals surface area contributed by atoms with Crippen LogP contribution in [-0.4, -0.2) is 21.6 Å². The molecule has 3 aromatic rings. The van der Waals surface area contributed by atoms with Crippen molar-refractivity contribution in [2.24, 2.45) is 5.92 Å². The number of carbonyl (C=O) groups is 1. The Hall–Kier alpha value is -3.07. The third-order valence-electron chi connectivity index (χ3n) is 6.04. The van der Waals surface area contributed by atoms with Crippen LogP contribution >= 0.6 is 0 Å². The van der Waals surface area contributed by atoms with Crippen LogP contribution in [0, 0.1) is 5.92 Å². The van der Waals surface area contributed by atoms with Crippen LogP contribution < -0.4 is 11.1 Å². The number of aromatic amines is 1. The predicted molar refractivity (Wildman–Crippen MR) is 112 cm³/mol. The van der Waals surface area contributed by atoms with Gasteiger partial charge in [-0.25, -0.2) is 4.79 Å². The van der Waals surface area contributed by atoms with Gasteiger partial charge in [0.15, 0.2) is 5.58 Å². The van der Waals surface area contributed by atoms with Crippen LogP contribution in [0.1, 0.15) is 43.2 Å². The zero-order chi connectivity index (χ0) is 22.9. The minimum atomic E-state index is -4.35. The molecule has 0 bridgehead atoms. The number of aromatic nitrogens is 1. The van der Waals surface area contributed by atoms with Gasteiger partial charge in [-0.1, -0.05) is 12.1 Å². The molecule has 0 aliphatic heterocycles. The number of amides is 1. The van der Waals surface area contributed by atoms with Gasteiger partial charge in [0, 0.05) is 11.8 Å². The number of anilines is 1. The number of aliphatic hydroxyl groups is 1. The molecule has 9 heteroatoms. The molecule has 1 aromatic heterocycles. The fourth-order valence-corrected chi connectivity index (χ4v) is 4.29. The highest BCUT2D eigenvalue weighted by molar-refractivity contribution is 5.93. The van der Waals surface area contributed by atoms with Gasteiger partial charge in [0.1, 0.15) is 0 Å². The van der Waals surface area contributed by atoms with E-state index in [1.165, 1.54) is 18.2 Å². The smallest absolute Gasteiger partial charge is 0.408 e. The maximum Gasteiger partial charge on any atom is 0.417 e. The molecule has 1 aliphatic rings. The molecule has 0 unspecified atom stereocenters. The van der Waals surface area contributed by atoms with Crippen molar-refractivity contribution in [1.29, 1.82) is 0 Å². The highest BCUT2D eigenvalue weighted by Gasteiger charge is 2.35. The summed E-state index contributed by atoms with van der Waals surface area (Å²) in [6.07, 6.45) is -1.51. The van der Waals surface area contributed by atoms with Crippen molar-refractivity contribution in [3.05, 3.63) is 64.1 Å². The molecule has 1 amide bonds. The summed E-state index contributed by atoms with van der Waals surface area (Å²) >= 11 is 0. The van der Waals surface area contributed by atoms with Crippen LogP contribution in [-0.2, 0) is 17.4 Å². The van der Waals surface area contributed by atoms with Crippen molar-refractivity contribution < 1.29 is 27.5 Å². The molecule has 1 aliphatic carbocycles. The number of nitrogens with one attached hydrogen (secondary N) is 2. The van der Waals surface area contributed by atoms with Gasteiger partial charge >= 0.3 is 11.9 Å². The second-order valence-corrected chi connectivity index (χ2v) is 8.52. The Bertz CT molecular complexity index is 1160. The highest BCUT2D eigenvalue weighted by Crippen LogP contribution is 2.37. The molecular formula is C23H23F3N2O4. The summed E-state index contributed by atoms with van der Waals surface area (Å²) in [5.74, 6) is -0.675. The molecule has 0 saturated heterocycles. The van der Waals surface area contributed by atoms with Gasteiger partial charge < -0.3 is 14.8 Å². The summed E-state index contributed by atoms with van der Waals surface area (Å²) < 4.78 is 43.1. The molecule has 4 rings (SSSR count). The van der Waals surface area contributed by atoms with E-state index in [-0.39, 0.29) is 18.2 Å². The highest BCUT2D eigenvalue weighted by atomic mass is 19.4. The topological polar surface area (TPSA) is 95.3 Å². The van der Waals surface area contributed by atoms with Crippen molar-refractivity contribution in [3.8, 4) is 0 Å². The van der Waals surface area contributed by atoms with Gasteiger partial charge in [0.05, 0.1) is 23.1 Å². The van der Waals surface area contributed by atoms with Crippen molar-refractivity contribution in [2.75, 3.05) is 5.32 Å². The Morgan fingerprint density at radius 1 is 1.16 bits per heavy atom. The molecule has 0 spiro atoms. The van der Waals surface area contributed by atoms with E-state index >= 15 is 0 Å². The van der Waals surface area contributed by atoms with E-state index in [9.17, 15) is 27.9 Å². The van der Waals surface area contributed by atoms with Gasteiger partial charge in [-0.05, 0) is 67.9 Å². The lowest BCUT2D eigenvalue weighted by molar-refractivity contribution is -0.137. The summed E-state index contributed by atoms with van der Waals surface area (Å²) in [6.45, 7) is 0. The molecule has 1 heterocycles. The minimum absolute atomic E-state index is 0.0604. The van der Waals surface area contributed by atoms with Gasteiger partial charge in [-0.2, -0.15) is 13.2 Å². The summed E-state index contributed by atoms with van der Waals surface area (Å²) in [5, 5.41) is 13.6. The van der Waals surface area contributed by atoms with Gasteiger partial charge in [-0.3, -0.25) is 9.78 Å². The summed E-state index contributed by atoms with van der Waals surface area (Å²) in [6, 6.07) is 9.98. The molecule has 170 valence electrons. The van der Waals surface area contributed by atoms with E-state index < -0.39 is 23.1 Å². The number of hydrogen-bond acceptors (Lipinski definition) is 4. The van der Waals surface area contributed by atoms with Crippen LogP contribution in [0.2, 0.25) is 0 Å². The second kappa shape index (κ2) is 8.46. The largest absolute Gasteiger partial charge is 0.417 e. The van der Waals surface area contributed by atoms with Crippen LogP contribution in [0.25, 0.3) is 11.1 Å². The normalized spacial score (nSPS) is 21.6. The van der Waals surface area contributed by atoms with E-state index in [4.69, 9.17) is 4.42 Å². The molecule has 32 heavy (non-hydrogen) atoms. The average Bonchev–Trinajstić information content (AvgIpc) is 3.09. The number of alkyl halides is 3. The minimum Gasteiger partial charge on any atom is -0.408 e. The Kier molecular flexibility index (Phi) is 5.85. The Morgan fingerprint density at radius 2 is 1.84 bits per heavy atom. The Balaban J connectivity index is 1.29. The predicted octanol–water partition coefficient (Wildman–Crippen LogP) is 4.63. The third kappa shape index (κ3) is 5.21. The lowest BCUT2D eigenvalue weighted by Gasteiger charge is -2.35. The van der Waals surface area contributed by atoms with Crippen molar-refractivity contribution >= 4 is 22.7 Å². The van der Waals surface area contributed by atoms with Crippen LogP contribution in [0.4, 0.5) is 18.9 Å². The second-order valence-electron chi connectivity index (χ2n) is 8.52. The van der Waals surface area contributed by atoms with Crippen LogP contribution in [0.3, 0.4) is 0 Å². The molecule has 3 N–H and O–H groups in total. The van der Waals surface area contributed by atoms with Gasteiger partial charge in [-0.15, -0.1) is 0 Å². The number of carbonyl (C=O) groups excluding carboxylic acids is 1. The SMILES string of the molecule is O=C(CC1(O)CCC(Cc2ccc(C(F)(F)F)cc2)CC1)Nc1ccc2[nH]c(=O)oc2c1. The lowest BCUT2D eigenvalue weighted by atomic mass is 9.75. The standard InChI is InChI=1S/C23H23F3N2O4/c24-23(25,26)16-3-1-14(2-4-16)11-15-7-9-22(31,10-8-15)13-20(29)27-17-5-6-18-19(12-17)32-21(30)28-18/h1-6,12,15,31H,7-11,13H2,(H,27,29)(H,28,30). The van der Waals surface area contributed by atoms with Gasteiger partial charge in [0.2, 0.25) is 5.91 Å². The molecule has 0 radical (unpaired) electrons. The number of oxazole rings is 1. The zero-order valence-electron chi connectivity index (χ0n) is 17.2. The Morgan fingerprint density at radius 3 is 2.50 bits per heavy atom. The number of halogens is 3. The van der Waals surface area contributed by atoms with Crippen molar-refractivity contribution in [3.63, 3.8) is 0 Å². The number of benzene rings is 2. The number of fused-ring (bicyclic) bond motifs is 1. The molecule has 1 saturated carbocycles. The molecule has 0 atom stereocenters. The molecule has 6 nitrogen and oxygen atoms in total. The number of H-pyrrole nitrogens is 1. The fourth-order valence-electron chi connectivity index (χ4n) is 4.29.